The molecule has 0 fully saturated rings. The minimum Gasteiger partial charge on any atom is -0.333 e. The number of hydrogen-bond acceptors (Lipinski definition) is 2. The van der Waals surface area contributed by atoms with Crippen LogP contribution >= 0.6 is 11.6 Å². The fourth-order valence-corrected chi connectivity index (χ4v) is 1.93. The molecular formula is C12H9ClN2O. The Morgan fingerprint density at radius 2 is 2.31 bits per heavy atom. The van der Waals surface area contributed by atoms with Crippen LogP contribution in [0.3, 0.4) is 0 Å². The van der Waals surface area contributed by atoms with Crippen molar-refractivity contribution in [2.24, 2.45) is 0 Å². The number of rotatable bonds is 2. The molecule has 2 rings (SSSR count). The molecule has 0 amide bonds. The molecule has 0 aliphatic heterocycles. The average Bonchev–Trinajstić information content (AvgIpc) is 2.57. The summed E-state index contributed by atoms with van der Waals surface area (Å²) in [6.45, 7) is 1.73. The van der Waals surface area contributed by atoms with Gasteiger partial charge < -0.3 is 4.57 Å². The van der Waals surface area contributed by atoms with Crippen LogP contribution in [0, 0.1) is 11.3 Å². The lowest BCUT2D eigenvalue weighted by Crippen LogP contribution is -1.93. The number of Topliss-reactive ketones (excluding diaryl/α,β-unsaturated/α-hetero) is 1. The maximum atomic E-state index is 11.4. The average molecular weight is 233 g/mol. The number of benzene rings is 1. The zero-order chi connectivity index (χ0) is 11.7. The van der Waals surface area contributed by atoms with Crippen molar-refractivity contribution >= 4 is 28.3 Å². The SMILES string of the molecule is CC(=O)c1cn(CC#N)c2ccc(Cl)cc12. The Morgan fingerprint density at radius 3 is 2.94 bits per heavy atom. The highest BCUT2D eigenvalue weighted by molar-refractivity contribution is 6.31. The van der Waals surface area contributed by atoms with Crippen LogP contribution in [0.2, 0.25) is 5.02 Å². The minimum absolute atomic E-state index is 0.0241. The molecule has 0 saturated carbocycles. The van der Waals surface area contributed by atoms with Crippen molar-refractivity contribution in [1.29, 1.82) is 5.26 Å². The van der Waals surface area contributed by atoms with E-state index in [1.165, 1.54) is 6.92 Å². The molecule has 0 spiro atoms. The van der Waals surface area contributed by atoms with Crippen LogP contribution in [-0.2, 0) is 6.54 Å². The molecule has 0 saturated heterocycles. The maximum Gasteiger partial charge on any atom is 0.161 e. The van der Waals surface area contributed by atoms with Crippen molar-refractivity contribution in [3.63, 3.8) is 0 Å². The van der Waals surface area contributed by atoms with Gasteiger partial charge in [0.05, 0.1) is 6.07 Å². The van der Waals surface area contributed by atoms with E-state index < -0.39 is 0 Å². The molecule has 0 bridgehead atoms. The smallest absolute Gasteiger partial charge is 0.161 e. The molecule has 3 nitrogen and oxygen atoms in total. The van der Waals surface area contributed by atoms with Crippen molar-refractivity contribution in [1.82, 2.24) is 4.57 Å². The largest absolute Gasteiger partial charge is 0.333 e. The molecule has 4 heteroatoms. The van der Waals surface area contributed by atoms with E-state index in [9.17, 15) is 4.79 Å². The van der Waals surface area contributed by atoms with Gasteiger partial charge in [0.15, 0.2) is 5.78 Å². The highest BCUT2D eigenvalue weighted by Crippen LogP contribution is 2.25. The van der Waals surface area contributed by atoms with Crippen molar-refractivity contribution in [3.8, 4) is 6.07 Å². The first kappa shape index (κ1) is 10.7. The van der Waals surface area contributed by atoms with Crippen molar-refractivity contribution in [2.45, 2.75) is 13.5 Å². The maximum absolute atomic E-state index is 11.4. The number of carbonyl (C=O) groups excluding carboxylic acids is 1. The molecule has 0 aliphatic carbocycles. The van der Waals surface area contributed by atoms with Crippen molar-refractivity contribution in [2.75, 3.05) is 0 Å². The van der Waals surface area contributed by atoms with E-state index >= 15 is 0 Å². The third kappa shape index (κ3) is 1.68. The summed E-state index contributed by atoms with van der Waals surface area (Å²) in [5.41, 5.74) is 1.46. The molecule has 1 aromatic heterocycles. The lowest BCUT2D eigenvalue weighted by molar-refractivity contribution is 0.101. The van der Waals surface area contributed by atoms with Gasteiger partial charge in [0.2, 0.25) is 0 Å². The fraction of sp³-hybridized carbons (Fsp3) is 0.167. The predicted octanol–water partition coefficient (Wildman–Crippen LogP) is 3.02. The fourth-order valence-electron chi connectivity index (χ4n) is 1.76. The zero-order valence-electron chi connectivity index (χ0n) is 8.70. The molecule has 0 atom stereocenters. The van der Waals surface area contributed by atoms with Gasteiger partial charge in [0, 0.05) is 27.7 Å². The van der Waals surface area contributed by atoms with Gasteiger partial charge in [-0.05, 0) is 25.1 Å². The number of nitriles is 1. The normalized spacial score (nSPS) is 10.3. The van der Waals surface area contributed by atoms with Crippen LogP contribution in [0.5, 0.6) is 0 Å². The van der Waals surface area contributed by atoms with Gasteiger partial charge in [-0.2, -0.15) is 5.26 Å². The first-order valence-electron chi connectivity index (χ1n) is 4.80. The van der Waals surface area contributed by atoms with Gasteiger partial charge in [-0.3, -0.25) is 4.79 Å². The summed E-state index contributed by atoms with van der Waals surface area (Å²) in [6.07, 6.45) is 1.70. The molecule has 0 unspecified atom stereocenters. The van der Waals surface area contributed by atoms with E-state index in [1.807, 2.05) is 6.07 Å². The van der Waals surface area contributed by atoms with E-state index in [1.54, 1.807) is 22.9 Å². The number of carbonyl (C=O) groups is 1. The Bertz CT molecular complexity index is 607. The molecule has 80 valence electrons. The van der Waals surface area contributed by atoms with Gasteiger partial charge in [-0.25, -0.2) is 0 Å². The molecule has 0 N–H and O–H groups in total. The summed E-state index contributed by atoms with van der Waals surface area (Å²) in [5, 5.41) is 10.1. The number of aromatic nitrogens is 1. The molecule has 16 heavy (non-hydrogen) atoms. The van der Waals surface area contributed by atoms with E-state index in [0.717, 1.165) is 10.9 Å². The summed E-state index contributed by atoms with van der Waals surface area (Å²) in [5.74, 6) is -0.0241. The van der Waals surface area contributed by atoms with Crippen molar-refractivity contribution in [3.05, 3.63) is 35.0 Å². The predicted molar refractivity (Wildman–Crippen MR) is 62.6 cm³/mol. The number of fused-ring (bicyclic) bond motifs is 1. The highest BCUT2D eigenvalue weighted by atomic mass is 35.5. The van der Waals surface area contributed by atoms with Crippen LogP contribution in [-0.4, -0.2) is 10.4 Å². The monoisotopic (exact) mass is 232 g/mol. The second-order valence-corrected chi connectivity index (χ2v) is 3.98. The van der Waals surface area contributed by atoms with E-state index in [2.05, 4.69) is 6.07 Å². The van der Waals surface area contributed by atoms with Crippen LogP contribution in [0.1, 0.15) is 17.3 Å². The highest BCUT2D eigenvalue weighted by Gasteiger charge is 2.11. The van der Waals surface area contributed by atoms with Crippen molar-refractivity contribution < 1.29 is 4.79 Å². The number of hydrogen-bond donors (Lipinski definition) is 0. The zero-order valence-corrected chi connectivity index (χ0v) is 9.45. The standard InChI is InChI=1S/C12H9ClN2O/c1-8(16)11-7-15(5-4-14)12-3-2-9(13)6-10(11)12/h2-3,6-7H,5H2,1H3. The summed E-state index contributed by atoms with van der Waals surface area (Å²) in [7, 11) is 0. The van der Waals surface area contributed by atoms with Gasteiger partial charge in [-0.15, -0.1) is 0 Å². The topological polar surface area (TPSA) is 45.8 Å². The molecule has 0 radical (unpaired) electrons. The van der Waals surface area contributed by atoms with Crippen LogP contribution in [0.15, 0.2) is 24.4 Å². The quantitative estimate of drug-likeness (QED) is 0.748. The summed E-state index contributed by atoms with van der Waals surface area (Å²) >= 11 is 5.90. The van der Waals surface area contributed by atoms with E-state index in [0.29, 0.717) is 10.6 Å². The molecule has 0 aliphatic rings. The Kier molecular flexibility index (Phi) is 2.67. The van der Waals surface area contributed by atoms with Crippen LogP contribution in [0.25, 0.3) is 10.9 Å². The van der Waals surface area contributed by atoms with Crippen LogP contribution < -0.4 is 0 Å². The Labute approximate surface area is 97.8 Å². The second-order valence-electron chi connectivity index (χ2n) is 3.55. The molecular weight excluding hydrogens is 224 g/mol. The Morgan fingerprint density at radius 1 is 1.56 bits per heavy atom. The van der Waals surface area contributed by atoms with Gasteiger partial charge in [0.1, 0.15) is 6.54 Å². The lowest BCUT2D eigenvalue weighted by atomic mass is 10.1. The Hall–Kier alpha value is -1.79. The molecule has 1 aromatic carbocycles. The molecule has 1 heterocycles. The summed E-state index contributed by atoms with van der Waals surface area (Å²) < 4.78 is 1.75. The number of halogens is 1. The van der Waals surface area contributed by atoms with E-state index in [-0.39, 0.29) is 12.3 Å². The summed E-state index contributed by atoms with van der Waals surface area (Å²) in [4.78, 5) is 11.4. The number of ketones is 1. The summed E-state index contributed by atoms with van der Waals surface area (Å²) in [6, 6.07) is 7.39. The second kappa shape index (κ2) is 3.99. The van der Waals surface area contributed by atoms with E-state index in [4.69, 9.17) is 16.9 Å². The minimum atomic E-state index is -0.0241. The molecule has 2 aromatic rings. The van der Waals surface area contributed by atoms with Gasteiger partial charge >= 0.3 is 0 Å². The first-order valence-corrected chi connectivity index (χ1v) is 5.17. The van der Waals surface area contributed by atoms with Gasteiger partial charge in [0.25, 0.3) is 0 Å². The Balaban J connectivity index is 2.77. The lowest BCUT2D eigenvalue weighted by Gasteiger charge is -1.98. The first-order chi connectivity index (χ1) is 7.63. The number of nitrogens with zero attached hydrogens (tertiary/aromatic N) is 2. The third-order valence-corrected chi connectivity index (χ3v) is 2.70. The van der Waals surface area contributed by atoms with Gasteiger partial charge in [-0.1, -0.05) is 11.6 Å². The van der Waals surface area contributed by atoms with Crippen LogP contribution in [0.4, 0.5) is 0 Å². The third-order valence-electron chi connectivity index (χ3n) is 2.46.